The van der Waals surface area contributed by atoms with Crippen LogP contribution in [0.25, 0.3) is 33.8 Å². The molecule has 276 valence electrons. The van der Waals surface area contributed by atoms with Crippen LogP contribution >= 0.6 is 0 Å². The number of carbonyl (C=O) groups is 1. The Morgan fingerprint density at radius 1 is 0.709 bits per heavy atom. The molecule has 1 N–H and O–H groups in total. The van der Waals surface area contributed by atoms with E-state index in [-0.39, 0.29) is 5.41 Å². The molecular formula is C47H45N5O3. The van der Waals surface area contributed by atoms with Gasteiger partial charge in [-0.2, -0.15) is 5.10 Å². The number of ether oxygens (including phenoxy) is 2. The second kappa shape index (κ2) is 16.2. The zero-order chi connectivity index (χ0) is 38.3. The number of pyridine rings is 2. The highest BCUT2D eigenvalue weighted by molar-refractivity contribution is 5.81. The predicted octanol–water partition coefficient (Wildman–Crippen LogP) is 9.97. The number of carbonyl (C=O) groups excluding carboxylic acids is 1. The maximum absolute atomic E-state index is 12.0. The average molecular weight is 728 g/mol. The molecule has 7 aromatic rings. The normalized spacial score (nSPS) is 11.6. The molecule has 0 unspecified atom stereocenters. The van der Waals surface area contributed by atoms with Crippen molar-refractivity contribution in [2.45, 2.75) is 33.2 Å². The van der Waals surface area contributed by atoms with E-state index in [9.17, 15) is 4.79 Å². The number of hydrogen-bond acceptors (Lipinski definition) is 6. The van der Waals surface area contributed by atoms with Gasteiger partial charge in [0.05, 0.1) is 24.5 Å². The number of benzene rings is 4. The topological polar surface area (TPSA) is 91.2 Å². The summed E-state index contributed by atoms with van der Waals surface area (Å²) < 4.78 is 13.3. The Kier molecular flexibility index (Phi) is 10.9. The SMILES string of the molecule is Cc1cccc(-c2nn(C(c3ccccc3)(c3ccccc3)c3ccccc3)cc2-c2ccnc(-c3ccc(OCCNC(=O)OCC(C)(C)C)cc3)c2)n1. The highest BCUT2D eigenvalue weighted by Gasteiger charge is 2.40. The van der Waals surface area contributed by atoms with Gasteiger partial charge in [-0.3, -0.25) is 14.6 Å². The zero-order valence-electron chi connectivity index (χ0n) is 31.6. The molecule has 7 rings (SSSR count). The summed E-state index contributed by atoms with van der Waals surface area (Å²) in [6.07, 6.45) is 3.54. The van der Waals surface area contributed by atoms with Crippen molar-refractivity contribution in [1.29, 1.82) is 0 Å². The van der Waals surface area contributed by atoms with Crippen LogP contribution in [0.4, 0.5) is 4.79 Å². The number of nitrogens with one attached hydrogen (secondary N) is 1. The largest absolute Gasteiger partial charge is 0.492 e. The van der Waals surface area contributed by atoms with Crippen molar-refractivity contribution in [2.24, 2.45) is 5.41 Å². The molecule has 0 fully saturated rings. The smallest absolute Gasteiger partial charge is 0.407 e. The molecule has 0 bridgehead atoms. The van der Waals surface area contributed by atoms with Crippen LogP contribution in [0.5, 0.6) is 5.75 Å². The zero-order valence-corrected chi connectivity index (χ0v) is 31.6. The summed E-state index contributed by atoms with van der Waals surface area (Å²) in [5, 5.41) is 8.20. The Balaban J connectivity index is 1.25. The molecule has 0 spiro atoms. The van der Waals surface area contributed by atoms with Crippen molar-refractivity contribution in [1.82, 2.24) is 25.1 Å². The van der Waals surface area contributed by atoms with Crippen molar-refractivity contribution in [2.75, 3.05) is 19.8 Å². The Morgan fingerprint density at radius 2 is 1.33 bits per heavy atom. The van der Waals surface area contributed by atoms with Crippen LogP contribution < -0.4 is 10.1 Å². The number of rotatable bonds is 12. The summed E-state index contributed by atoms with van der Waals surface area (Å²) >= 11 is 0. The van der Waals surface area contributed by atoms with Gasteiger partial charge >= 0.3 is 6.09 Å². The number of nitrogens with zero attached hydrogens (tertiary/aromatic N) is 4. The summed E-state index contributed by atoms with van der Waals surface area (Å²) in [6.45, 7) is 9.04. The van der Waals surface area contributed by atoms with Crippen LogP contribution in [0, 0.1) is 12.3 Å². The van der Waals surface area contributed by atoms with E-state index in [2.05, 4.69) is 95.1 Å². The van der Waals surface area contributed by atoms with E-state index in [1.54, 1.807) is 0 Å². The first-order valence-electron chi connectivity index (χ1n) is 18.5. The molecule has 0 aliphatic heterocycles. The molecule has 0 aliphatic rings. The Hall–Kier alpha value is -6.54. The summed E-state index contributed by atoms with van der Waals surface area (Å²) in [5.74, 6) is 0.693. The van der Waals surface area contributed by atoms with E-state index < -0.39 is 11.6 Å². The Labute approximate surface area is 322 Å². The quantitative estimate of drug-likeness (QED) is 0.0996. The van der Waals surface area contributed by atoms with Crippen molar-refractivity contribution < 1.29 is 14.3 Å². The molecule has 0 aliphatic carbocycles. The minimum Gasteiger partial charge on any atom is -0.492 e. The number of aryl methyl sites for hydroxylation is 1. The molecular weight excluding hydrogens is 683 g/mol. The van der Waals surface area contributed by atoms with Crippen LogP contribution in [0.1, 0.15) is 43.2 Å². The monoisotopic (exact) mass is 727 g/mol. The van der Waals surface area contributed by atoms with Crippen LogP contribution in [0.15, 0.2) is 158 Å². The van der Waals surface area contributed by atoms with Crippen LogP contribution in [-0.2, 0) is 10.3 Å². The van der Waals surface area contributed by atoms with Gasteiger partial charge < -0.3 is 14.8 Å². The van der Waals surface area contributed by atoms with Crippen molar-refractivity contribution in [3.05, 3.63) is 180 Å². The minimum atomic E-state index is -0.797. The lowest BCUT2D eigenvalue weighted by atomic mass is 9.77. The second-order valence-electron chi connectivity index (χ2n) is 14.7. The summed E-state index contributed by atoms with van der Waals surface area (Å²) in [4.78, 5) is 21.7. The fourth-order valence-electron chi connectivity index (χ4n) is 6.69. The van der Waals surface area contributed by atoms with E-state index in [0.717, 1.165) is 56.2 Å². The maximum Gasteiger partial charge on any atom is 0.407 e. The van der Waals surface area contributed by atoms with Gasteiger partial charge in [-0.15, -0.1) is 0 Å². The fourth-order valence-corrected chi connectivity index (χ4v) is 6.69. The molecule has 4 aromatic carbocycles. The third-order valence-corrected chi connectivity index (χ3v) is 9.26. The standard InChI is InChI=1S/C47H45N5O3/c1-34-15-14-22-42(50-34)44-41(32-52(51-44)47(37-16-8-5-9-17-37,38-18-10-6-11-19-38)39-20-12-7-13-21-39)36-27-28-48-43(31-36)35-23-25-40(26-24-35)54-30-29-49-45(53)55-33-46(2,3)4/h5-28,31-32H,29-30,33H2,1-4H3,(H,49,53). The molecule has 0 radical (unpaired) electrons. The van der Waals surface area contributed by atoms with Crippen LogP contribution in [0.3, 0.4) is 0 Å². The van der Waals surface area contributed by atoms with Crippen molar-refractivity contribution in [3.8, 4) is 39.5 Å². The summed E-state index contributed by atoms with van der Waals surface area (Å²) in [5.41, 5.74) is 8.47. The number of aromatic nitrogens is 4. The number of amides is 1. The molecule has 1 amide bonds. The first-order valence-corrected chi connectivity index (χ1v) is 18.5. The van der Waals surface area contributed by atoms with Gasteiger partial charge in [0.1, 0.15) is 23.6 Å². The molecule has 55 heavy (non-hydrogen) atoms. The fraction of sp³-hybridized carbons (Fsp3) is 0.191. The molecule has 0 saturated carbocycles. The van der Waals surface area contributed by atoms with Gasteiger partial charge in [0.25, 0.3) is 0 Å². The summed E-state index contributed by atoms with van der Waals surface area (Å²) in [7, 11) is 0. The van der Waals surface area contributed by atoms with Crippen molar-refractivity contribution >= 4 is 6.09 Å². The van der Waals surface area contributed by atoms with Gasteiger partial charge in [-0.05, 0) is 83.1 Å². The first-order chi connectivity index (χ1) is 26.7. The lowest BCUT2D eigenvalue weighted by Crippen LogP contribution is -2.38. The predicted molar refractivity (Wildman–Crippen MR) is 218 cm³/mol. The molecule has 8 nitrogen and oxygen atoms in total. The Bertz CT molecular complexity index is 2240. The van der Waals surface area contributed by atoms with E-state index in [1.165, 1.54) is 0 Å². The minimum absolute atomic E-state index is 0.0918. The van der Waals surface area contributed by atoms with Crippen molar-refractivity contribution in [3.63, 3.8) is 0 Å². The first kappa shape index (κ1) is 36.8. The van der Waals surface area contributed by atoms with Gasteiger partial charge in [-0.25, -0.2) is 4.79 Å². The number of alkyl carbamates (subject to hydrolysis) is 1. The van der Waals surface area contributed by atoms with Gasteiger partial charge in [0.2, 0.25) is 0 Å². The molecule has 8 heteroatoms. The van der Waals surface area contributed by atoms with Crippen LogP contribution in [0.2, 0.25) is 0 Å². The highest BCUT2D eigenvalue weighted by Crippen LogP contribution is 2.43. The maximum atomic E-state index is 12.0. The van der Waals surface area contributed by atoms with Gasteiger partial charge in [0.15, 0.2) is 0 Å². The summed E-state index contributed by atoms with van der Waals surface area (Å²) in [6, 6.07) is 49.6. The highest BCUT2D eigenvalue weighted by atomic mass is 16.5. The molecule has 3 heterocycles. The lowest BCUT2D eigenvalue weighted by molar-refractivity contribution is 0.105. The van der Waals surface area contributed by atoms with Gasteiger partial charge in [0, 0.05) is 29.2 Å². The second-order valence-corrected chi connectivity index (χ2v) is 14.7. The van der Waals surface area contributed by atoms with E-state index in [4.69, 9.17) is 24.5 Å². The molecule has 0 saturated heterocycles. The number of hydrogen-bond donors (Lipinski definition) is 1. The third-order valence-electron chi connectivity index (χ3n) is 9.26. The third kappa shape index (κ3) is 8.34. The molecule has 3 aromatic heterocycles. The average Bonchev–Trinajstić information content (AvgIpc) is 3.66. The molecule has 0 atom stereocenters. The van der Waals surface area contributed by atoms with Gasteiger partial charge in [-0.1, -0.05) is 118 Å². The van der Waals surface area contributed by atoms with Crippen LogP contribution in [-0.4, -0.2) is 45.6 Å². The lowest BCUT2D eigenvalue weighted by Gasteiger charge is -2.36. The van der Waals surface area contributed by atoms with E-state index in [0.29, 0.717) is 25.5 Å². The Morgan fingerprint density at radius 3 is 1.91 bits per heavy atom. The van der Waals surface area contributed by atoms with E-state index >= 15 is 0 Å². The van der Waals surface area contributed by atoms with E-state index in [1.807, 2.05) is 101 Å².